The number of rotatable bonds is 5. The molecular weight excluding hydrogens is 318 g/mol. The second-order valence-corrected chi connectivity index (χ2v) is 6.41. The van der Waals surface area contributed by atoms with Gasteiger partial charge in [-0.1, -0.05) is 68.4 Å². The van der Waals surface area contributed by atoms with Gasteiger partial charge in [-0.05, 0) is 22.6 Å². The Kier molecular flexibility index (Phi) is 5.03. The zero-order valence-electron chi connectivity index (χ0n) is 14.3. The molecule has 0 spiro atoms. The van der Waals surface area contributed by atoms with Crippen molar-refractivity contribution in [1.82, 2.24) is 5.32 Å². The molecule has 1 N–H and O–H groups in total. The number of hydrogen-bond donors (Lipinski definition) is 1. The van der Waals surface area contributed by atoms with Crippen LogP contribution in [0, 0.1) is 5.92 Å². The van der Waals surface area contributed by atoms with Gasteiger partial charge in [0.05, 0.1) is 0 Å². The highest BCUT2D eigenvalue weighted by Crippen LogP contribution is 2.22. The van der Waals surface area contributed by atoms with Crippen molar-refractivity contribution in [2.45, 2.75) is 32.6 Å². The Bertz CT molecular complexity index is 740. The monoisotopic (exact) mass is 339 g/mol. The van der Waals surface area contributed by atoms with E-state index in [1.807, 2.05) is 68.4 Å². The Labute approximate surface area is 147 Å². The van der Waals surface area contributed by atoms with Crippen LogP contribution in [0.4, 0.5) is 4.79 Å². The van der Waals surface area contributed by atoms with Gasteiger partial charge in [-0.15, -0.1) is 0 Å². The van der Waals surface area contributed by atoms with E-state index in [0.717, 1.165) is 16.7 Å². The van der Waals surface area contributed by atoms with Crippen LogP contribution >= 0.6 is 0 Å². The van der Waals surface area contributed by atoms with Crippen molar-refractivity contribution in [2.75, 3.05) is 0 Å². The molecule has 25 heavy (non-hydrogen) atoms. The highest BCUT2D eigenvalue weighted by Gasteiger charge is 2.45. The zero-order valence-corrected chi connectivity index (χ0v) is 14.3. The Hall–Kier alpha value is -2.82. The topological polar surface area (TPSA) is 64.6 Å². The third-order valence-corrected chi connectivity index (χ3v) is 4.20. The minimum atomic E-state index is -0.618. The van der Waals surface area contributed by atoms with Gasteiger partial charge in [0.2, 0.25) is 0 Å². The molecule has 2 unspecified atom stereocenters. The number of ether oxygens (including phenoxy) is 2. The van der Waals surface area contributed by atoms with E-state index in [1.54, 1.807) is 0 Å². The smallest absolute Gasteiger partial charge is 0.408 e. The highest BCUT2D eigenvalue weighted by atomic mass is 16.6. The van der Waals surface area contributed by atoms with E-state index in [9.17, 15) is 9.59 Å². The van der Waals surface area contributed by atoms with Crippen LogP contribution in [-0.2, 0) is 20.9 Å². The summed E-state index contributed by atoms with van der Waals surface area (Å²) in [7, 11) is 0. The molecule has 5 nitrogen and oxygen atoms in total. The Balaban J connectivity index is 1.52. The van der Waals surface area contributed by atoms with Gasteiger partial charge in [0.15, 0.2) is 6.04 Å². The van der Waals surface area contributed by atoms with Crippen LogP contribution in [0.3, 0.4) is 0 Å². The maximum Gasteiger partial charge on any atom is 0.408 e. The van der Waals surface area contributed by atoms with Gasteiger partial charge in [-0.2, -0.15) is 0 Å². The van der Waals surface area contributed by atoms with Crippen molar-refractivity contribution in [2.24, 2.45) is 5.92 Å². The van der Waals surface area contributed by atoms with Gasteiger partial charge in [0, 0.05) is 0 Å². The Morgan fingerprint density at radius 3 is 2.32 bits per heavy atom. The van der Waals surface area contributed by atoms with E-state index in [0.29, 0.717) is 0 Å². The number of carbonyl (C=O) groups is 2. The normalized spacial score (nSPS) is 19.1. The van der Waals surface area contributed by atoms with E-state index < -0.39 is 18.1 Å². The summed E-state index contributed by atoms with van der Waals surface area (Å²) in [6.45, 7) is 4.02. The standard InChI is InChI=1S/C20H21NO4/c1-13(2)18-17(19(22)25-18)21-20(23)24-12-14-8-10-16(11-9-14)15-6-4-3-5-7-15/h3-11,13,17-18H,12H2,1-2H3,(H,21,23). The first-order valence-corrected chi connectivity index (χ1v) is 8.33. The van der Waals surface area contributed by atoms with Crippen molar-refractivity contribution in [1.29, 1.82) is 0 Å². The minimum absolute atomic E-state index is 0.147. The van der Waals surface area contributed by atoms with E-state index in [4.69, 9.17) is 9.47 Å². The lowest BCUT2D eigenvalue weighted by Gasteiger charge is -2.37. The van der Waals surface area contributed by atoms with Crippen LogP contribution in [0.5, 0.6) is 0 Å². The molecular formula is C20H21NO4. The highest BCUT2D eigenvalue weighted by molar-refractivity contribution is 5.86. The van der Waals surface area contributed by atoms with Crippen LogP contribution in [-0.4, -0.2) is 24.2 Å². The number of carbonyl (C=O) groups excluding carboxylic acids is 2. The van der Waals surface area contributed by atoms with Crippen LogP contribution < -0.4 is 5.32 Å². The summed E-state index contributed by atoms with van der Waals surface area (Å²) in [4.78, 5) is 23.3. The third-order valence-electron chi connectivity index (χ3n) is 4.20. The number of benzene rings is 2. The number of alkyl carbamates (subject to hydrolysis) is 1. The van der Waals surface area contributed by atoms with E-state index in [-0.39, 0.29) is 18.6 Å². The summed E-state index contributed by atoms with van der Waals surface area (Å²) < 4.78 is 10.2. The summed E-state index contributed by atoms with van der Waals surface area (Å²) in [6.07, 6.45) is -0.898. The molecule has 1 amide bonds. The number of hydrogen-bond acceptors (Lipinski definition) is 4. The Morgan fingerprint density at radius 2 is 1.72 bits per heavy atom. The second-order valence-electron chi connectivity index (χ2n) is 6.41. The average Bonchev–Trinajstić information content (AvgIpc) is 2.63. The van der Waals surface area contributed by atoms with E-state index in [1.165, 1.54) is 0 Å². The van der Waals surface area contributed by atoms with Crippen molar-refractivity contribution < 1.29 is 19.1 Å². The molecule has 1 fully saturated rings. The summed E-state index contributed by atoms with van der Waals surface area (Å²) >= 11 is 0. The van der Waals surface area contributed by atoms with Gasteiger partial charge in [-0.25, -0.2) is 9.59 Å². The van der Waals surface area contributed by atoms with Gasteiger partial charge in [0.1, 0.15) is 12.7 Å². The molecule has 1 aliphatic heterocycles. The molecule has 0 radical (unpaired) electrons. The van der Waals surface area contributed by atoms with Crippen molar-refractivity contribution in [3.8, 4) is 11.1 Å². The lowest BCUT2D eigenvalue weighted by atomic mass is 9.95. The average molecular weight is 339 g/mol. The van der Waals surface area contributed by atoms with Crippen LogP contribution in [0.15, 0.2) is 54.6 Å². The van der Waals surface area contributed by atoms with Gasteiger partial charge in [0.25, 0.3) is 0 Å². The molecule has 2 atom stereocenters. The molecule has 2 aromatic rings. The number of cyclic esters (lactones) is 1. The molecule has 0 aliphatic carbocycles. The van der Waals surface area contributed by atoms with E-state index in [2.05, 4.69) is 5.32 Å². The lowest BCUT2D eigenvalue weighted by Crippen LogP contribution is -2.61. The first kappa shape index (κ1) is 17.0. The third kappa shape index (κ3) is 3.99. The molecule has 2 aromatic carbocycles. The summed E-state index contributed by atoms with van der Waals surface area (Å²) in [5.41, 5.74) is 3.12. The van der Waals surface area contributed by atoms with Gasteiger partial charge >= 0.3 is 12.1 Å². The molecule has 1 saturated heterocycles. The van der Waals surface area contributed by atoms with Crippen LogP contribution in [0.1, 0.15) is 19.4 Å². The van der Waals surface area contributed by atoms with E-state index >= 15 is 0 Å². The summed E-state index contributed by atoms with van der Waals surface area (Å²) in [5.74, 6) is -0.267. The van der Waals surface area contributed by atoms with Crippen molar-refractivity contribution in [3.63, 3.8) is 0 Å². The molecule has 0 aromatic heterocycles. The molecule has 5 heteroatoms. The predicted molar refractivity (Wildman–Crippen MR) is 93.7 cm³/mol. The minimum Gasteiger partial charge on any atom is -0.458 e. The van der Waals surface area contributed by atoms with Crippen molar-refractivity contribution >= 4 is 12.1 Å². The number of nitrogens with one attached hydrogen (secondary N) is 1. The fourth-order valence-corrected chi connectivity index (χ4v) is 2.74. The molecule has 3 rings (SSSR count). The fourth-order valence-electron chi connectivity index (χ4n) is 2.74. The molecule has 0 bridgehead atoms. The number of esters is 1. The summed E-state index contributed by atoms with van der Waals surface area (Å²) in [6, 6.07) is 17.3. The maximum absolute atomic E-state index is 11.9. The van der Waals surface area contributed by atoms with Crippen LogP contribution in [0.2, 0.25) is 0 Å². The molecule has 1 aliphatic rings. The van der Waals surface area contributed by atoms with Gasteiger partial charge in [-0.3, -0.25) is 0 Å². The zero-order chi connectivity index (χ0) is 17.8. The lowest BCUT2D eigenvalue weighted by molar-refractivity contribution is -0.181. The summed E-state index contributed by atoms with van der Waals surface area (Å²) in [5, 5.41) is 2.57. The Morgan fingerprint density at radius 1 is 1.08 bits per heavy atom. The van der Waals surface area contributed by atoms with Gasteiger partial charge < -0.3 is 14.8 Å². The van der Waals surface area contributed by atoms with Crippen LogP contribution in [0.25, 0.3) is 11.1 Å². The fraction of sp³-hybridized carbons (Fsp3) is 0.300. The molecule has 1 heterocycles. The first-order chi connectivity index (χ1) is 12.0. The SMILES string of the molecule is CC(C)C1OC(=O)C1NC(=O)OCc1ccc(-c2ccccc2)cc1. The number of amides is 1. The first-order valence-electron chi connectivity index (χ1n) is 8.33. The quantitative estimate of drug-likeness (QED) is 0.847. The largest absolute Gasteiger partial charge is 0.458 e. The maximum atomic E-state index is 11.9. The van der Waals surface area contributed by atoms with Crippen molar-refractivity contribution in [3.05, 3.63) is 60.2 Å². The predicted octanol–water partition coefficient (Wildman–Crippen LogP) is 3.53. The molecule has 0 saturated carbocycles. The molecule has 130 valence electrons. The second kappa shape index (κ2) is 7.38.